The minimum Gasteiger partial charge on any atom is -0.456 e. The number of hydrogen-bond acceptors (Lipinski definition) is 4. The van der Waals surface area contributed by atoms with Gasteiger partial charge in [0.1, 0.15) is 11.5 Å². The highest BCUT2D eigenvalue weighted by Crippen LogP contribution is 2.30. The Bertz CT molecular complexity index is 716. The first-order valence-corrected chi connectivity index (χ1v) is 8.86. The van der Waals surface area contributed by atoms with E-state index in [-0.39, 0.29) is 5.91 Å². The summed E-state index contributed by atoms with van der Waals surface area (Å²) in [5.74, 6) is 1.86. The van der Waals surface area contributed by atoms with Crippen LogP contribution in [-0.4, -0.2) is 42.5 Å². The summed E-state index contributed by atoms with van der Waals surface area (Å²) in [6, 6.07) is 8.70. The van der Waals surface area contributed by atoms with Crippen LogP contribution in [0, 0.1) is 5.92 Å². The highest BCUT2D eigenvalue weighted by molar-refractivity contribution is 6.32. The van der Waals surface area contributed by atoms with Gasteiger partial charge in [0.2, 0.25) is 0 Å². The van der Waals surface area contributed by atoms with Crippen molar-refractivity contribution in [1.82, 2.24) is 15.2 Å². The van der Waals surface area contributed by atoms with Gasteiger partial charge in [0.25, 0.3) is 5.91 Å². The number of nitrogens with one attached hydrogen (secondary N) is 1. The van der Waals surface area contributed by atoms with Gasteiger partial charge in [-0.1, -0.05) is 11.6 Å². The molecule has 1 amide bonds. The third kappa shape index (κ3) is 4.50. The number of carbonyl (C=O) groups is 1. The van der Waals surface area contributed by atoms with Gasteiger partial charge in [0.05, 0.1) is 5.02 Å². The van der Waals surface area contributed by atoms with Gasteiger partial charge in [-0.25, -0.2) is 0 Å². The third-order valence-corrected chi connectivity index (χ3v) is 4.75. The molecule has 0 atom stereocenters. The molecule has 0 unspecified atom stereocenters. The summed E-state index contributed by atoms with van der Waals surface area (Å²) in [5.41, 5.74) is 0.596. The van der Waals surface area contributed by atoms with Crippen LogP contribution in [0.25, 0.3) is 0 Å². The highest BCUT2D eigenvalue weighted by atomic mass is 35.5. The summed E-state index contributed by atoms with van der Waals surface area (Å²) < 4.78 is 5.73. The molecule has 132 valence electrons. The van der Waals surface area contributed by atoms with Crippen molar-refractivity contribution < 1.29 is 9.53 Å². The number of likely N-dealkylation sites (tertiary alicyclic amines) is 1. The SMILES string of the molecule is CNCC1CCN(C(=O)c2ccc(Oc3ccncc3)c(Cl)c2)CC1. The van der Waals surface area contributed by atoms with E-state index in [0.29, 0.717) is 28.0 Å². The maximum Gasteiger partial charge on any atom is 0.253 e. The summed E-state index contributed by atoms with van der Waals surface area (Å²) in [6.07, 6.45) is 5.37. The maximum atomic E-state index is 12.7. The molecule has 1 saturated heterocycles. The average molecular weight is 360 g/mol. The van der Waals surface area contributed by atoms with Gasteiger partial charge in [-0.2, -0.15) is 0 Å². The number of carbonyl (C=O) groups excluding carboxylic acids is 1. The number of rotatable bonds is 5. The quantitative estimate of drug-likeness (QED) is 0.886. The number of halogens is 1. The Morgan fingerprint density at radius 2 is 2.00 bits per heavy atom. The molecule has 0 spiro atoms. The molecule has 2 heterocycles. The van der Waals surface area contributed by atoms with Crippen LogP contribution < -0.4 is 10.1 Å². The molecule has 6 heteroatoms. The van der Waals surface area contributed by atoms with Crippen molar-refractivity contribution in [2.45, 2.75) is 12.8 Å². The van der Waals surface area contributed by atoms with Gasteiger partial charge in [-0.3, -0.25) is 9.78 Å². The van der Waals surface area contributed by atoms with E-state index in [1.54, 1.807) is 42.7 Å². The molecule has 1 aliphatic rings. The fourth-order valence-electron chi connectivity index (χ4n) is 3.06. The molecule has 0 saturated carbocycles. The van der Waals surface area contributed by atoms with Crippen LogP contribution in [0.1, 0.15) is 23.2 Å². The number of piperidine rings is 1. The van der Waals surface area contributed by atoms with Crippen LogP contribution in [0.4, 0.5) is 0 Å². The van der Waals surface area contributed by atoms with Gasteiger partial charge in [0, 0.05) is 31.0 Å². The molecule has 1 N–H and O–H groups in total. The third-order valence-electron chi connectivity index (χ3n) is 4.45. The summed E-state index contributed by atoms with van der Waals surface area (Å²) in [7, 11) is 1.97. The number of aromatic nitrogens is 1. The zero-order chi connectivity index (χ0) is 17.6. The van der Waals surface area contributed by atoms with Crippen LogP contribution in [0.2, 0.25) is 5.02 Å². The molecule has 1 aliphatic heterocycles. The maximum absolute atomic E-state index is 12.7. The Balaban J connectivity index is 1.65. The van der Waals surface area contributed by atoms with Gasteiger partial charge in [0.15, 0.2) is 0 Å². The van der Waals surface area contributed by atoms with Crippen molar-refractivity contribution >= 4 is 17.5 Å². The van der Waals surface area contributed by atoms with Crippen molar-refractivity contribution in [3.05, 3.63) is 53.3 Å². The van der Waals surface area contributed by atoms with Crippen molar-refractivity contribution in [3.63, 3.8) is 0 Å². The number of ether oxygens (including phenoxy) is 1. The van der Waals surface area contributed by atoms with Crippen LogP contribution in [0.5, 0.6) is 11.5 Å². The molecule has 25 heavy (non-hydrogen) atoms. The average Bonchev–Trinajstić information content (AvgIpc) is 2.64. The molecule has 1 fully saturated rings. The van der Waals surface area contributed by atoms with Gasteiger partial charge >= 0.3 is 0 Å². The second kappa shape index (κ2) is 8.32. The van der Waals surface area contributed by atoms with Crippen LogP contribution >= 0.6 is 11.6 Å². The Morgan fingerprint density at radius 3 is 2.64 bits per heavy atom. The van der Waals surface area contributed by atoms with Crippen LogP contribution in [0.3, 0.4) is 0 Å². The minimum absolute atomic E-state index is 0.0280. The fourth-order valence-corrected chi connectivity index (χ4v) is 3.28. The van der Waals surface area contributed by atoms with Crippen LogP contribution in [0.15, 0.2) is 42.7 Å². The number of pyridine rings is 1. The summed E-state index contributed by atoms with van der Waals surface area (Å²) in [6.45, 7) is 2.59. The topological polar surface area (TPSA) is 54.5 Å². The largest absolute Gasteiger partial charge is 0.456 e. The molecule has 0 aliphatic carbocycles. The lowest BCUT2D eigenvalue weighted by molar-refractivity contribution is 0.0691. The molecular weight excluding hydrogens is 338 g/mol. The molecule has 1 aromatic carbocycles. The smallest absolute Gasteiger partial charge is 0.253 e. The first-order valence-electron chi connectivity index (χ1n) is 8.48. The van der Waals surface area contributed by atoms with E-state index in [1.165, 1.54) is 0 Å². The van der Waals surface area contributed by atoms with E-state index in [4.69, 9.17) is 16.3 Å². The normalized spacial score (nSPS) is 15.2. The Kier molecular flexibility index (Phi) is 5.89. The molecule has 3 rings (SSSR count). The predicted octanol–water partition coefficient (Wildman–Crippen LogP) is 3.60. The number of amides is 1. The first kappa shape index (κ1) is 17.7. The van der Waals surface area contributed by atoms with Gasteiger partial charge < -0.3 is 15.0 Å². The van der Waals surface area contributed by atoms with E-state index < -0.39 is 0 Å². The predicted molar refractivity (Wildman–Crippen MR) is 98.3 cm³/mol. The van der Waals surface area contributed by atoms with E-state index in [1.807, 2.05) is 11.9 Å². The standard InChI is InChI=1S/C19H22ClN3O2/c1-21-13-14-6-10-23(11-7-14)19(24)15-2-3-18(17(20)12-15)25-16-4-8-22-9-5-16/h2-5,8-9,12,14,21H,6-7,10-11,13H2,1H3. The summed E-state index contributed by atoms with van der Waals surface area (Å²) >= 11 is 6.31. The summed E-state index contributed by atoms with van der Waals surface area (Å²) in [5, 5.41) is 3.63. The Morgan fingerprint density at radius 1 is 1.28 bits per heavy atom. The Labute approximate surface area is 153 Å². The molecule has 2 aromatic rings. The molecule has 1 aromatic heterocycles. The van der Waals surface area contributed by atoms with Gasteiger partial charge in [-0.05, 0) is 62.7 Å². The molecule has 5 nitrogen and oxygen atoms in total. The van der Waals surface area contributed by atoms with E-state index in [2.05, 4.69) is 10.3 Å². The summed E-state index contributed by atoms with van der Waals surface area (Å²) in [4.78, 5) is 18.5. The molecular formula is C19H22ClN3O2. The minimum atomic E-state index is 0.0280. The zero-order valence-electron chi connectivity index (χ0n) is 14.2. The zero-order valence-corrected chi connectivity index (χ0v) is 15.0. The van der Waals surface area contributed by atoms with E-state index in [9.17, 15) is 4.79 Å². The van der Waals surface area contributed by atoms with E-state index in [0.717, 1.165) is 32.5 Å². The second-order valence-corrected chi connectivity index (χ2v) is 6.63. The van der Waals surface area contributed by atoms with Crippen LogP contribution in [-0.2, 0) is 0 Å². The van der Waals surface area contributed by atoms with Crippen molar-refractivity contribution in [2.24, 2.45) is 5.92 Å². The first-order chi connectivity index (χ1) is 12.2. The highest BCUT2D eigenvalue weighted by Gasteiger charge is 2.23. The number of benzene rings is 1. The lowest BCUT2D eigenvalue weighted by Gasteiger charge is -2.32. The van der Waals surface area contributed by atoms with E-state index >= 15 is 0 Å². The lowest BCUT2D eigenvalue weighted by Crippen LogP contribution is -2.40. The van der Waals surface area contributed by atoms with Crippen molar-refractivity contribution in [1.29, 1.82) is 0 Å². The van der Waals surface area contributed by atoms with Crippen molar-refractivity contribution in [3.8, 4) is 11.5 Å². The monoisotopic (exact) mass is 359 g/mol. The Hall–Kier alpha value is -2.11. The number of nitrogens with zero attached hydrogens (tertiary/aromatic N) is 2. The molecule has 0 radical (unpaired) electrons. The second-order valence-electron chi connectivity index (χ2n) is 6.22. The fraction of sp³-hybridized carbons (Fsp3) is 0.368. The molecule has 0 bridgehead atoms. The van der Waals surface area contributed by atoms with Gasteiger partial charge in [-0.15, -0.1) is 0 Å². The lowest BCUT2D eigenvalue weighted by atomic mass is 9.96. The number of hydrogen-bond donors (Lipinski definition) is 1. The van der Waals surface area contributed by atoms with Crippen molar-refractivity contribution in [2.75, 3.05) is 26.7 Å².